The van der Waals surface area contributed by atoms with E-state index in [0.29, 0.717) is 11.3 Å². The SMILES string of the molecule is Cc1ccc(OCc2cc3cccc(C(=O)O)c3o2)cc1. The molecule has 0 bridgehead atoms. The Morgan fingerprint density at radius 3 is 2.67 bits per heavy atom. The molecule has 0 unspecified atom stereocenters. The zero-order valence-electron chi connectivity index (χ0n) is 11.5. The van der Waals surface area contributed by atoms with E-state index in [-0.39, 0.29) is 12.2 Å². The molecule has 1 N–H and O–H groups in total. The van der Waals surface area contributed by atoms with E-state index in [9.17, 15) is 4.79 Å². The van der Waals surface area contributed by atoms with Gasteiger partial charge in [0.05, 0.1) is 0 Å². The van der Waals surface area contributed by atoms with Gasteiger partial charge in [0, 0.05) is 5.39 Å². The summed E-state index contributed by atoms with van der Waals surface area (Å²) in [5.74, 6) is 0.347. The normalized spacial score (nSPS) is 10.7. The van der Waals surface area contributed by atoms with Gasteiger partial charge in [0.25, 0.3) is 0 Å². The predicted molar refractivity (Wildman–Crippen MR) is 78.7 cm³/mol. The standard InChI is InChI=1S/C17H14O4/c1-11-5-7-13(8-6-11)20-10-14-9-12-3-2-4-15(17(18)19)16(12)21-14/h2-9H,10H2,1H3,(H,18,19). The molecule has 0 saturated carbocycles. The predicted octanol–water partition coefficient (Wildman–Crippen LogP) is 4.02. The highest BCUT2D eigenvalue weighted by atomic mass is 16.5. The molecule has 4 heteroatoms. The summed E-state index contributed by atoms with van der Waals surface area (Å²) in [4.78, 5) is 11.1. The summed E-state index contributed by atoms with van der Waals surface area (Å²) in [7, 11) is 0. The number of rotatable bonds is 4. The highest BCUT2D eigenvalue weighted by molar-refractivity contribution is 6.01. The maximum atomic E-state index is 11.1. The summed E-state index contributed by atoms with van der Waals surface area (Å²) >= 11 is 0. The molecule has 0 aliphatic rings. The van der Waals surface area contributed by atoms with Crippen molar-refractivity contribution in [2.24, 2.45) is 0 Å². The quantitative estimate of drug-likeness (QED) is 0.785. The minimum absolute atomic E-state index is 0.161. The maximum absolute atomic E-state index is 11.1. The number of aromatic carboxylic acids is 1. The van der Waals surface area contributed by atoms with Gasteiger partial charge < -0.3 is 14.3 Å². The second-order valence-corrected chi connectivity index (χ2v) is 4.84. The molecule has 3 aromatic rings. The number of aryl methyl sites for hydroxylation is 1. The minimum atomic E-state index is -0.999. The summed E-state index contributed by atoms with van der Waals surface area (Å²) in [6, 6.07) is 14.6. The summed E-state index contributed by atoms with van der Waals surface area (Å²) < 4.78 is 11.2. The summed E-state index contributed by atoms with van der Waals surface area (Å²) in [5.41, 5.74) is 1.71. The van der Waals surface area contributed by atoms with Gasteiger partial charge in [-0.3, -0.25) is 0 Å². The number of hydrogen-bond donors (Lipinski definition) is 1. The Morgan fingerprint density at radius 1 is 1.19 bits per heavy atom. The van der Waals surface area contributed by atoms with Gasteiger partial charge in [0.1, 0.15) is 29.3 Å². The van der Waals surface area contributed by atoms with Gasteiger partial charge in [-0.05, 0) is 31.2 Å². The average molecular weight is 282 g/mol. The van der Waals surface area contributed by atoms with Crippen LogP contribution in [-0.2, 0) is 6.61 Å². The minimum Gasteiger partial charge on any atom is -0.486 e. The first-order valence-electron chi connectivity index (χ1n) is 6.58. The molecule has 0 amide bonds. The van der Waals surface area contributed by atoms with E-state index in [2.05, 4.69) is 0 Å². The Morgan fingerprint density at radius 2 is 1.95 bits per heavy atom. The Bertz CT molecular complexity index is 784. The van der Waals surface area contributed by atoms with E-state index in [0.717, 1.165) is 16.7 Å². The van der Waals surface area contributed by atoms with E-state index < -0.39 is 5.97 Å². The van der Waals surface area contributed by atoms with Gasteiger partial charge in [-0.2, -0.15) is 0 Å². The lowest BCUT2D eigenvalue weighted by atomic mass is 10.1. The van der Waals surface area contributed by atoms with Crippen molar-refractivity contribution in [2.75, 3.05) is 0 Å². The molecule has 3 rings (SSSR count). The van der Waals surface area contributed by atoms with Crippen molar-refractivity contribution in [1.82, 2.24) is 0 Å². The third-order valence-corrected chi connectivity index (χ3v) is 3.23. The van der Waals surface area contributed by atoms with Gasteiger partial charge in [-0.15, -0.1) is 0 Å². The molecule has 1 aromatic heterocycles. The molecule has 0 aliphatic carbocycles. The Labute approximate surface area is 121 Å². The fourth-order valence-electron chi connectivity index (χ4n) is 2.14. The van der Waals surface area contributed by atoms with Crippen LogP contribution in [0, 0.1) is 6.92 Å². The van der Waals surface area contributed by atoms with Crippen molar-refractivity contribution in [2.45, 2.75) is 13.5 Å². The molecular weight excluding hydrogens is 268 g/mol. The van der Waals surface area contributed by atoms with Crippen molar-refractivity contribution >= 4 is 16.9 Å². The van der Waals surface area contributed by atoms with Crippen LogP contribution in [-0.4, -0.2) is 11.1 Å². The van der Waals surface area contributed by atoms with Crippen LogP contribution >= 0.6 is 0 Å². The number of ether oxygens (including phenoxy) is 1. The van der Waals surface area contributed by atoms with Crippen LogP contribution in [0.4, 0.5) is 0 Å². The number of hydrogen-bond acceptors (Lipinski definition) is 3. The first-order chi connectivity index (χ1) is 10.1. The van der Waals surface area contributed by atoms with Crippen LogP contribution < -0.4 is 4.74 Å². The lowest BCUT2D eigenvalue weighted by molar-refractivity contribution is 0.0697. The molecular formula is C17H14O4. The van der Waals surface area contributed by atoms with Crippen LogP contribution in [0.15, 0.2) is 52.9 Å². The first-order valence-corrected chi connectivity index (χ1v) is 6.58. The zero-order valence-corrected chi connectivity index (χ0v) is 11.5. The lowest BCUT2D eigenvalue weighted by Crippen LogP contribution is -1.95. The van der Waals surface area contributed by atoms with Crippen molar-refractivity contribution in [3.05, 3.63) is 65.4 Å². The van der Waals surface area contributed by atoms with Crippen LogP contribution in [0.3, 0.4) is 0 Å². The number of benzene rings is 2. The summed E-state index contributed by atoms with van der Waals surface area (Å²) in [6.07, 6.45) is 0. The molecule has 21 heavy (non-hydrogen) atoms. The second-order valence-electron chi connectivity index (χ2n) is 4.84. The van der Waals surface area contributed by atoms with Gasteiger partial charge >= 0.3 is 5.97 Å². The molecule has 0 spiro atoms. The van der Waals surface area contributed by atoms with Gasteiger partial charge in [-0.25, -0.2) is 4.79 Å². The lowest BCUT2D eigenvalue weighted by Gasteiger charge is -2.03. The molecule has 0 radical (unpaired) electrons. The van der Waals surface area contributed by atoms with Gasteiger partial charge in [-0.1, -0.05) is 29.8 Å². The molecule has 4 nitrogen and oxygen atoms in total. The third kappa shape index (κ3) is 2.74. The van der Waals surface area contributed by atoms with Crippen molar-refractivity contribution < 1.29 is 19.1 Å². The van der Waals surface area contributed by atoms with Crippen LogP contribution in [0.25, 0.3) is 11.0 Å². The number of furan rings is 1. The summed E-state index contributed by atoms with van der Waals surface area (Å²) in [6.45, 7) is 2.27. The van der Waals surface area contributed by atoms with Crippen molar-refractivity contribution in [1.29, 1.82) is 0 Å². The van der Waals surface area contributed by atoms with E-state index in [1.807, 2.05) is 37.3 Å². The highest BCUT2D eigenvalue weighted by Crippen LogP contribution is 2.24. The van der Waals surface area contributed by atoms with E-state index in [1.165, 1.54) is 6.07 Å². The molecule has 1 heterocycles. The third-order valence-electron chi connectivity index (χ3n) is 3.23. The maximum Gasteiger partial charge on any atom is 0.339 e. The molecule has 0 fully saturated rings. The Kier molecular flexibility index (Phi) is 3.36. The molecule has 106 valence electrons. The molecule has 0 aliphatic heterocycles. The number of carboxylic acid groups (broad SMARTS) is 1. The van der Waals surface area contributed by atoms with Gasteiger partial charge in [0.2, 0.25) is 0 Å². The van der Waals surface area contributed by atoms with E-state index in [1.54, 1.807) is 12.1 Å². The Hall–Kier alpha value is -2.75. The fraction of sp³-hybridized carbons (Fsp3) is 0.118. The van der Waals surface area contributed by atoms with Crippen LogP contribution in [0.5, 0.6) is 5.75 Å². The Balaban J connectivity index is 1.83. The summed E-state index contributed by atoms with van der Waals surface area (Å²) in [5, 5.41) is 9.90. The molecule has 0 atom stereocenters. The molecule has 2 aromatic carbocycles. The second kappa shape index (κ2) is 5.32. The van der Waals surface area contributed by atoms with Crippen molar-refractivity contribution in [3.8, 4) is 5.75 Å². The average Bonchev–Trinajstić information content (AvgIpc) is 2.89. The topological polar surface area (TPSA) is 59.7 Å². The van der Waals surface area contributed by atoms with Crippen LogP contribution in [0.1, 0.15) is 21.7 Å². The number of para-hydroxylation sites is 1. The van der Waals surface area contributed by atoms with Crippen LogP contribution in [0.2, 0.25) is 0 Å². The van der Waals surface area contributed by atoms with E-state index in [4.69, 9.17) is 14.3 Å². The fourth-order valence-corrected chi connectivity index (χ4v) is 2.14. The smallest absolute Gasteiger partial charge is 0.339 e. The van der Waals surface area contributed by atoms with E-state index >= 15 is 0 Å². The highest BCUT2D eigenvalue weighted by Gasteiger charge is 2.13. The largest absolute Gasteiger partial charge is 0.486 e. The van der Waals surface area contributed by atoms with Gasteiger partial charge in [0.15, 0.2) is 0 Å². The monoisotopic (exact) mass is 282 g/mol. The zero-order chi connectivity index (χ0) is 14.8. The first kappa shape index (κ1) is 13.2. The number of carbonyl (C=O) groups is 1. The number of fused-ring (bicyclic) bond motifs is 1. The molecule has 0 saturated heterocycles. The number of carboxylic acids is 1. The van der Waals surface area contributed by atoms with Crippen molar-refractivity contribution in [3.63, 3.8) is 0 Å².